The molecule has 7 nitrogen and oxygen atoms in total. The molecule has 0 aliphatic heterocycles. The summed E-state index contributed by atoms with van der Waals surface area (Å²) in [6, 6.07) is 7.03. The third-order valence-electron chi connectivity index (χ3n) is 7.67. The zero-order chi connectivity index (χ0) is 21.4. The number of aromatic nitrogens is 3. The summed E-state index contributed by atoms with van der Waals surface area (Å²) in [6.07, 6.45) is 7.77. The van der Waals surface area contributed by atoms with Gasteiger partial charge in [0.05, 0.1) is 11.0 Å². The molecule has 7 rings (SSSR count). The normalized spacial score (nSPS) is 31.3. The van der Waals surface area contributed by atoms with Crippen molar-refractivity contribution in [3.8, 4) is 0 Å². The Morgan fingerprint density at radius 3 is 2.71 bits per heavy atom. The fourth-order valence-corrected chi connectivity index (χ4v) is 7.15. The van der Waals surface area contributed by atoms with Gasteiger partial charge < -0.3 is 9.73 Å². The second-order valence-electron chi connectivity index (χ2n) is 9.84. The van der Waals surface area contributed by atoms with Gasteiger partial charge >= 0.3 is 5.63 Å². The molecule has 1 aromatic carbocycles. The number of amides is 1. The number of halogens is 1. The number of rotatable bonds is 3. The van der Waals surface area contributed by atoms with E-state index in [1.807, 2.05) is 23.7 Å². The molecule has 31 heavy (non-hydrogen) atoms. The predicted molar refractivity (Wildman–Crippen MR) is 119 cm³/mol. The number of carbonyl (C=O) groups is 1. The quantitative estimate of drug-likeness (QED) is 0.559. The van der Waals surface area contributed by atoms with E-state index in [2.05, 4.69) is 31.3 Å². The highest BCUT2D eigenvalue weighted by Crippen LogP contribution is 2.64. The van der Waals surface area contributed by atoms with Crippen LogP contribution in [0.25, 0.3) is 11.0 Å². The van der Waals surface area contributed by atoms with E-state index in [4.69, 9.17) is 4.42 Å². The molecular formula is C23H23BrN4O3. The Kier molecular flexibility index (Phi) is 4.04. The maximum atomic E-state index is 13.7. The van der Waals surface area contributed by atoms with Gasteiger partial charge in [-0.3, -0.25) is 4.79 Å². The standard InChI is InChI=1S/C23H23BrN4O3/c1-13-4-19(29)31-18-6-16(2-3-17(13)18)26-20(30)22-7-14-5-15(8-22)10-23(9-14,11-22)28-12-25-21(24)27-28/h2-4,6,12,14-15H,5,7-11H2,1H3,(H,26,30). The molecule has 4 fully saturated rings. The number of nitrogens with one attached hydrogen (secondary N) is 1. The second kappa shape index (κ2) is 6.51. The van der Waals surface area contributed by atoms with E-state index in [0.717, 1.165) is 43.1 Å². The number of nitrogens with zero attached hydrogens (tertiary/aromatic N) is 3. The lowest BCUT2D eigenvalue weighted by molar-refractivity contribution is -0.150. The predicted octanol–water partition coefficient (Wildman–Crippen LogP) is 4.39. The van der Waals surface area contributed by atoms with Crippen molar-refractivity contribution in [3.63, 3.8) is 0 Å². The minimum absolute atomic E-state index is 0.0690. The number of hydrogen-bond acceptors (Lipinski definition) is 5. The van der Waals surface area contributed by atoms with Crippen LogP contribution in [0.4, 0.5) is 5.69 Å². The van der Waals surface area contributed by atoms with Crippen molar-refractivity contribution in [1.29, 1.82) is 0 Å². The Labute approximate surface area is 187 Å². The molecule has 0 spiro atoms. The van der Waals surface area contributed by atoms with Gasteiger partial charge in [0.1, 0.15) is 11.9 Å². The van der Waals surface area contributed by atoms with Gasteiger partial charge in [-0.05, 0) is 90.9 Å². The lowest BCUT2D eigenvalue weighted by Gasteiger charge is -2.60. The van der Waals surface area contributed by atoms with Crippen molar-refractivity contribution in [2.75, 3.05) is 5.32 Å². The highest BCUT2D eigenvalue weighted by Gasteiger charge is 2.61. The van der Waals surface area contributed by atoms with E-state index in [-0.39, 0.29) is 17.1 Å². The first-order valence-electron chi connectivity index (χ1n) is 10.8. The average molecular weight is 483 g/mol. The Balaban J connectivity index is 1.33. The molecule has 0 radical (unpaired) electrons. The van der Waals surface area contributed by atoms with Crippen molar-refractivity contribution < 1.29 is 9.21 Å². The van der Waals surface area contributed by atoms with E-state index in [0.29, 0.717) is 27.8 Å². The average Bonchev–Trinajstić information content (AvgIpc) is 3.14. The fraction of sp³-hybridized carbons (Fsp3) is 0.478. The summed E-state index contributed by atoms with van der Waals surface area (Å²) in [7, 11) is 0. The fourth-order valence-electron chi connectivity index (χ4n) is 6.89. The molecule has 8 heteroatoms. The van der Waals surface area contributed by atoms with Crippen LogP contribution in [0.1, 0.15) is 44.1 Å². The van der Waals surface area contributed by atoms with Crippen molar-refractivity contribution in [1.82, 2.24) is 14.8 Å². The van der Waals surface area contributed by atoms with Crippen LogP contribution in [0.15, 0.2) is 44.5 Å². The monoisotopic (exact) mass is 482 g/mol. The molecule has 4 bridgehead atoms. The molecule has 4 saturated carbocycles. The van der Waals surface area contributed by atoms with E-state index in [1.54, 1.807) is 12.4 Å². The molecule has 2 aromatic heterocycles. The summed E-state index contributed by atoms with van der Waals surface area (Å²) in [6.45, 7) is 1.88. The number of fused-ring (bicyclic) bond motifs is 1. The van der Waals surface area contributed by atoms with Gasteiger partial charge in [-0.1, -0.05) is 0 Å². The molecule has 3 aromatic rings. The van der Waals surface area contributed by atoms with Gasteiger partial charge in [0.25, 0.3) is 0 Å². The van der Waals surface area contributed by atoms with Gasteiger partial charge in [0.15, 0.2) is 0 Å². The molecule has 1 N–H and O–H groups in total. The lowest BCUT2D eigenvalue weighted by atomic mass is 9.46. The van der Waals surface area contributed by atoms with Crippen LogP contribution >= 0.6 is 15.9 Å². The molecule has 4 aliphatic rings. The summed E-state index contributed by atoms with van der Waals surface area (Å²) in [5.74, 6) is 1.14. The van der Waals surface area contributed by atoms with Gasteiger partial charge in [0, 0.05) is 23.2 Å². The number of aryl methyl sites for hydroxylation is 1. The number of carbonyl (C=O) groups excluding carboxylic acids is 1. The first kappa shape index (κ1) is 19.2. The highest BCUT2D eigenvalue weighted by molar-refractivity contribution is 9.10. The molecule has 2 unspecified atom stereocenters. The first-order valence-corrected chi connectivity index (χ1v) is 11.6. The van der Waals surface area contributed by atoms with Gasteiger partial charge in [0.2, 0.25) is 10.6 Å². The lowest BCUT2D eigenvalue weighted by Crippen LogP contribution is -2.60. The number of anilines is 1. The van der Waals surface area contributed by atoms with Crippen LogP contribution in [0, 0.1) is 24.2 Å². The van der Waals surface area contributed by atoms with Crippen LogP contribution in [0.2, 0.25) is 0 Å². The smallest absolute Gasteiger partial charge is 0.336 e. The Hall–Kier alpha value is -2.48. The molecule has 4 aliphatic carbocycles. The zero-order valence-electron chi connectivity index (χ0n) is 17.2. The largest absolute Gasteiger partial charge is 0.423 e. The van der Waals surface area contributed by atoms with Crippen molar-refractivity contribution >= 4 is 38.5 Å². The van der Waals surface area contributed by atoms with Gasteiger partial charge in [-0.2, -0.15) is 0 Å². The first-order chi connectivity index (χ1) is 14.8. The topological polar surface area (TPSA) is 90.0 Å². The summed E-state index contributed by atoms with van der Waals surface area (Å²) in [5, 5.41) is 8.60. The van der Waals surface area contributed by atoms with Gasteiger partial charge in [-0.15, -0.1) is 5.10 Å². The minimum Gasteiger partial charge on any atom is -0.423 e. The van der Waals surface area contributed by atoms with Crippen molar-refractivity contribution in [3.05, 3.63) is 51.3 Å². The number of hydrogen-bond donors (Lipinski definition) is 1. The molecule has 2 atom stereocenters. The molecule has 2 heterocycles. The maximum Gasteiger partial charge on any atom is 0.336 e. The molecule has 0 saturated heterocycles. The SMILES string of the molecule is Cc1cc(=O)oc2cc(NC(=O)C34CC5CC(C3)CC(n3cnc(Br)n3)(C5)C4)ccc12. The third kappa shape index (κ3) is 2.98. The van der Waals surface area contributed by atoms with Crippen LogP contribution in [-0.2, 0) is 10.3 Å². The second-order valence-corrected chi connectivity index (χ2v) is 10.5. The molecule has 160 valence electrons. The maximum absolute atomic E-state index is 13.7. The summed E-state index contributed by atoms with van der Waals surface area (Å²) in [5.41, 5.74) is 1.12. The van der Waals surface area contributed by atoms with Crippen LogP contribution in [0.5, 0.6) is 0 Å². The van der Waals surface area contributed by atoms with E-state index in [1.165, 1.54) is 12.5 Å². The molecular weight excluding hydrogens is 460 g/mol. The zero-order valence-corrected chi connectivity index (χ0v) is 18.8. The summed E-state index contributed by atoms with van der Waals surface area (Å²) in [4.78, 5) is 29.7. The Morgan fingerprint density at radius 1 is 1.23 bits per heavy atom. The van der Waals surface area contributed by atoms with E-state index < -0.39 is 5.41 Å². The highest BCUT2D eigenvalue weighted by atomic mass is 79.9. The Bertz CT molecular complexity index is 1270. The summed E-state index contributed by atoms with van der Waals surface area (Å²) < 4.78 is 7.96. The van der Waals surface area contributed by atoms with Crippen LogP contribution < -0.4 is 10.9 Å². The summed E-state index contributed by atoms with van der Waals surface area (Å²) >= 11 is 3.37. The third-order valence-corrected chi connectivity index (χ3v) is 8.03. The van der Waals surface area contributed by atoms with Crippen molar-refractivity contribution in [2.45, 2.75) is 51.0 Å². The van der Waals surface area contributed by atoms with Crippen molar-refractivity contribution in [2.24, 2.45) is 17.3 Å². The van der Waals surface area contributed by atoms with Gasteiger partial charge in [-0.25, -0.2) is 14.5 Å². The number of benzene rings is 1. The molecule has 1 amide bonds. The van der Waals surface area contributed by atoms with Crippen LogP contribution in [0.3, 0.4) is 0 Å². The van der Waals surface area contributed by atoms with Crippen LogP contribution in [-0.4, -0.2) is 20.7 Å². The van der Waals surface area contributed by atoms with E-state index in [9.17, 15) is 9.59 Å². The van der Waals surface area contributed by atoms with E-state index >= 15 is 0 Å². The minimum atomic E-state index is -0.398. The Morgan fingerprint density at radius 2 is 2.00 bits per heavy atom.